The summed E-state index contributed by atoms with van der Waals surface area (Å²) in [4.78, 5) is 15.8. The summed E-state index contributed by atoms with van der Waals surface area (Å²) in [5.41, 5.74) is 5.39. The van der Waals surface area contributed by atoms with Gasteiger partial charge in [0, 0.05) is 23.4 Å². The van der Waals surface area contributed by atoms with Gasteiger partial charge in [-0.2, -0.15) is 13.2 Å². The van der Waals surface area contributed by atoms with Crippen LogP contribution in [0.25, 0.3) is 11.3 Å². The van der Waals surface area contributed by atoms with E-state index in [0.717, 1.165) is 23.5 Å². The molecule has 1 atom stereocenters. The topological polar surface area (TPSA) is 68.0 Å². The van der Waals surface area contributed by atoms with Crippen molar-refractivity contribution in [2.45, 2.75) is 13.1 Å². The van der Waals surface area contributed by atoms with Gasteiger partial charge >= 0.3 is 6.18 Å². The summed E-state index contributed by atoms with van der Waals surface area (Å²) in [7, 11) is 0. The van der Waals surface area contributed by atoms with Crippen molar-refractivity contribution in [3.05, 3.63) is 35.2 Å². The fraction of sp³-hybridized carbons (Fsp3) is 0.286. The fourth-order valence-electron chi connectivity index (χ4n) is 1.65. The number of aromatic nitrogens is 1. The van der Waals surface area contributed by atoms with E-state index >= 15 is 0 Å². The lowest BCUT2D eigenvalue weighted by Gasteiger charge is -2.08. The summed E-state index contributed by atoms with van der Waals surface area (Å²) in [6.45, 7) is 1.88. The van der Waals surface area contributed by atoms with E-state index in [1.807, 2.05) is 0 Å². The van der Waals surface area contributed by atoms with E-state index < -0.39 is 11.7 Å². The third-order valence-corrected chi connectivity index (χ3v) is 3.78. The number of hydrogen-bond acceptors (Lipinski definition) is 4. The van der Waals surface area contributed by atoms with Gasteiger partial charge in [-0.15, -0.1) is 11.3 Å². The summed E-state index contributed by atoms with van der Waals surface area (Å²) >= 11 is 1.15. The number of nitrogens with zero attached hydrogens (tertiary/aromatic N) is 1. The van der Waals surface area contributed by atoms with Gasteiger partial charge in [-0.1, -0.05) is 19.1 Å². The Morgan fingerprint density at radius 3 is 2.82 bits per heavy atom. The van der Waals surface area contributed by atoms with Crippen molar-refractivity contribution in [1.82, 2.24) is 4.98 Å². The predicted octanol–water partition coefficient (Wildman–Crippen LogP) is 3.36. The average Bonchev–Trinajstić information content (AvgIpc) is 2.94. The van der Waals surface area contributed by atoms with E-state index in [2.05, 4.69) is 10.3 Å². The van der Waals surface area contributed by atoms with Crippen LogP contribution in [0.1, 0.15) is 12.5 Å². The lowest BCUT2D eigenvalue weighted by molar-refractivity contribution is -0.137. The number of thiazole rings is 1. The Bertz CT molecular complexity index is 669. The molecule has 0 aliphatic heterocycles. The van der Waals surface area contributed by atoms with Crippen LogP contribution in [0.15, 0.2) is 29.6 Å². The van der Waals surface area contributed by atoms with E-state index in [0.29, 0.717) is 16.4 Å². The first-order valence-electron chi connectivity index (χ1n) is 6.45. The van der Waals surface area contributed by atoms with Gasteiger partial charge in [-0.25, -0.2) is 4.98 Å². The summed E-state index contributed by atoms with van der Waals surface area (Å²) in [5.74, 6) is -0.631. The zero-order valence-corrected chi connectivity index (χ0v) is 12.5. The van der Waals surface area contributed by atoms with Crippen LogP contribution < -0.4 is 11.1 Å². The number of alkyl halides is 3. The average molecular weight is 329 g/mol. The Balaban J connectivity index is 2.20. The molecule has 0 saturated carbocycles. The normalized spacial score (nSPS) is 13.0. The van der Waals surface area contributed by atoms with Gasteiger partial charge in [-0.3, -0.25) is 4.79 Å². The van der Waals surface area contributed by atoms with Crippen LogP contribution in [0.4, 0.5) is 18.3 Å². The maximum atomic E-state index is 12.7. The standard InChI is InChI=1S/C14H14F3N3OS/c1-8(6-18)12(21)20-13-19-11(7-22-13)9-3-2-4-10(5-9)14(15,16)17/h2-5,7-8H,6,18H2,1H3,(H,19,20,21). The highest BCUT2D eigenvalue weighted by Gasteiger charge is 2.30. The third kappa shape index (κ3) is 3.83. The summed E-state index contributed by atoms with van der Waals surface area (Å²) in [6, 6.07) is 4.90. The van der Waals surface area contributed by atoms with Gasteiger partial charge in [0.25, 0.3) is 0 Å². The van der Waals surface area contributed by atoms with Crippen molar-refractivity contribution in [2.24, 2.45) is 11.7 Å². The minimum Gasteiger partial charge on any atom is -0.330 e. The number of carbonyl (C=O) groups excluding carboxylic acids is 1. The van der Waals surface area contributed by atoms with Crippen LogP contribution in [0.3, 0.4) is 0 Å². The van der Waals surface area contributed by atoms with Crippen LogP contribution in [-0.2, 0) is 11.0 Å². The minimum atomic E-state index is -4.40. The zero-order valence-electron chi connectivity index (χ0n) is 11.6. The monoisotopic (exact) mass is 329 g/mol. The molecule has 1 unspecified atom stereocenters. The Labute approximate surface area is 129 Å². The second-order valence-corrected chi connectivity index (χ2v) is 5.60. The van der Waals surface area contributed by atoms with Gasteiger partial charge in [0.1, 0.15) is 0 Å². The van der Waals surface area contributed by atoms with Crippen molar-refractivity contribution < 1.29 is 18.0 Å². The van der Waals surface area contributed by atoms with Crippen LogP contribution in [0.5, 0.6) is 0 Å². The number of nitrogens with one attached hydrogen (secondary N) is 1. The minimum absolute atomic E-state index is 0.206. The van der Waals surface area contributed by atoms with Gasteiger partial charge in [-0.05, 0) is 12.1 Å². The van der Waals surface area contributed by atoms with E-state index in [1.165, 1.54) is 6.07 Å². The van der Waals surface area contributed by atoms with Crippen molar-refractivity contribution >= 4 is 22.4 Å². The first-order valence-corrected chi connectivity index (χ1v) is 7.33. The van der Waals surface area contributed by atoms with Gasteiger partial charge in [0.15, 0.2) is 5.13 Å². The smallest absolute Gasteiger partial charge is 0.330 e. The molecule has 1 aromatic carbocycles. The molecular weight excluding hydrogens is 315 g/mol. The van der Waals surface area contributed by atoms with Gasteiger partial charge in [0.2, 0.25) is 5.91 Å². The summed E-state index contributed by atoms with van der Waals surface area (Å²) < 4.78 is 38.1. The first kappa shape index (κ1) is 16.4. The molecule has 0 saturated heterocycles. The quantitative estimate of drug-likeness (QED) is 0.904. The van der Waals surface area contributed by atoms with E-state index in [-0.39, 0.29) is 18.4 Å². The molecule has 1 heterocycles. The van der Waals surface area contributed by atoms with Gasteiger partial charge < -0.3 is 11.1 Å². The molecule has 1 aromatic heterocycles. The maximum Gasteiger partial charge on any atom is 0.416 e. The number of nitrogens with two attached hydrogens (primary N) is 1. The van der Waals surface area contributed by atoms with Crippen molar-refractivity contribution in [3.8, 4) is 11.3 Å². The molecule has 0 bridgehead atoms. The SMILES string of the molecule is CC(CN)C(=O)Nc1nc(-c2cccc(C(F)(F)F)c2)cs1. The number of anilines is 1. The zero-order chi connectivity index (χ0) is 16.3. The highest BCUT2D eigenvalue weighted by atomic mass is 32.1. The fourth-order valence-corrected chi connectivity index (χ4v) is 2.38. The van der Waals surface area contributed by atoms with Crippen LogP contribution in [0.2, 0.25) is 0 Å². The van der Waals surface area contributed by atoms with Crippen LogP contribution >= 0.6 is 11.3 Å². The van der Waals surface area contributed by atoms with E-state index in [9.17, 15) is 18.0 Å². The number of rotatable bonds is 4. The second-order valence-electron chi connectivity index (χ2n) is 4.74. The highest BCUT2D eigenvalue weighted by molar-refractivity contribution is 7.14. The Hall–Kier alpha value is -1.93. The summed E-state index contributed by atoms with van der Waals surface area (Å²) in [5, 5.41) is 4.52. The predicted molar refractivity (Wildman–Crippen MR) is 79.4 cm³/mol. The molecule has 0 aliphatic carbocycles. The molecule has 2 aromatic rings. The number of benzene rings is 1. The molecule has 8 heteroatoms. The van der Waals surface area contributed by atoms with Crippen molar-refractivity contribution in [2.75, 3.05) is 11.9 Å². The highest BCUT2D eigenvalue weighted by Crippen LogP contribution is 2.33. The van der Waals surface area contributed by atoms with Crippen LogP contribution in [-0.4, -0.2) is 17.4 Å². The molecule has 1 amide bonds. The molecule has 0 fully saturated rings. The second kappa shape index (κ2) is 6.45. The Kier molecular flexibility index (Phi) is 4.82. The number of halogens is 3. The Morgan fingerprint density at radius 2 is 2.18 bits per heavy atom. The summed E-state index contributed by atoms with van der Waals surface area (Å²) in [6.07, 6.45) is -4.40. The molecule has 22 heavy (non-hydrogen) atoms. The molecule has 0 aliphatic rings. The van der Waals surface area contributed by atoms with E-state index in [4.69, 9.17) is 5.73 Å². The van der Waals surface area contributed by atoms with Crippen molar-refractivity contribution in [3.63, 3.8) is 0 Å². The van der Waals surface area contributed by atoms with Crippen LogP contribution in [0, 0.1) is 5.92 Å². The lowest BCUT2D eigenvalue weighted by atomic mass is 10.1. The first-order chi connectivity index (χ1) is 10.3. The molecule has 4 nitrogen and oxygen atoms in total. The molecule has 2 rings (SSSR count). The third-order valence-electron chi connectivity index (χ3n) is 3.02. The Morgan fingerprint density at radius 1 is 1.45 bits per heavy atom. The van der Waals surface area contributed by atoms with Crippen molar-refractivity contribution in [1.29, 1.82) is 0 Å². The molecular formula is C14H14F3N3OS. The molecule has 0 spiro atoms. The number of hydrogen-bond donors (Lipinski definition) is 2. The maximum absolute atomic E-state index is 12.7. The molecule has 118 valence electrons. The van der Waals surface area contributed by atoms with E-state index in [1.54, 1.807) is 18.4 Å². The molecule has 3 N–H and O–H groups in total. The largest absolute Gasteiger partial charge is 0.416 e. The molecule has 0 radical (unpaired) electrons. The number of amides is 1. The number of carbonyl (C=O) groups is 1. The van der Waals surface area contributed by atoms with Gasteiger partial charge in [0.05, 0.1) is 11.3 Å². The lowest BCUT2D eigenvalue weighted by Crippen LogP contribution is -2.26.